The van der Waals surface area contributed by atoms with Gasteiger partial charge in [-0.2, -0.15) is 4.98 Å². The highest BCUT2D eigenvalue weighted by atomic mass is 16.5. The van der Waals surface area contributed by atoms with Gasteiger partial charge in [0.1, 0.15) is 0 Å². The molecule has 1 aromatic heterocycles. The molecule has 0 radical (unpaired) electrons. The maximum absolute atomic E-state index is 12.2. The largest absolute Gasteiger partial charge is 0.381 e. The normalized spacial score (nSPS) is 23.0. The summed E-state index contributed by atoms with van der Waals surface area (Å²) in [5.41, 5.74) is 0. The van der Waals surface area contributed by atoms with Crippen molar-refractivity contribution < 1.29 is 18.8 Å². The second-order valence-corrected chi connectivity index (χ2v) is 5.74. The van der Waals surface area contributed by atoms with Crippen LogP contribution in [0.25, 0.3) is 0 Å². The number of amides is 2. The van der Waals surface area contributed by atoms with E-state index >= 15 is 0 Å². The first kappa shape index (κ1) is 15.0. The minimum Gasteiger partial charge on any atom is -0.381 e. The maximum Gasteiger partial charge on any atom is 0.246 e. The molecule has 8 heteroatoms. The first-order chi connectivity index (χ1) is 10.6. The predicted molar refractivity (Wildman–Crippen MR) is 74.5 cm³/mol. The minimum absolute atomic E-state index is 0.0562. The SMILES string of the molecule is Cc1noc(CNC(=O)C2CC(=O)N(C3CCOCC3)C2)n1. The van der Waals surface area contributed by atoms with Gasteiger partial charge in [0.25, 0.3) is 0 Å². The van der Waals surface area contributed by atoms with Crippen molar-refractivity contribution in [1.82, 2.24) is 20.4 Å². The van der Waals surface area contributed by atoms with E-state index in [9.17, 15) is 9.59 Å². The summed E-state index contributed by atoms with van der Waals surface area (Å²) in [5.74, 6) is 0.515. The molecule has 8 nitrogen and oxygen atoms in total. The van der Waals surface area contributed by atoms with Crippen LogP contribution >= 0.6 is 0 Å². The van der Waals surface area contributed by atoms with Gasteiger partial charge in [0.2, 0.25) is 17.7 Å². The third kappa shape index (κ3) is 3.27. The Labute approximate surface area is 128 Å². The predicted octanol–water partition coefficient (Wildman–Crippen LogP) is 0.0217. The van der Waals surface area contributed by atoms with E-state index < -0.39 is 0 Å². The third-order valence-electron chi connectivity index (χ3n) is 4.14. The molecular formula is C14H20N4O4. The van der Waals surface area contributed by atoms with Gasteiger partial charge in [0, 0.05) is 32.2 Å². The summed E-state index contributed by atoms with van der Waals surface area (Å²) in [7, 11) is 0. The van der Waals surface area contributed by atoms with Crippen LogP contribution in [0.3, 0.4) is 0 Å². The Balaban J connectivity index is 1.52. The molecule has 3 rings (SSSR count). The molecule has 1 aromatic rings. The molecule has 2 aliphatic heterocycles. The first-order valence-corrected chi connectivity index (χ1v) is 7.57. The van der Waals surface area contributed by atoms with Crippen LogP contribution in [0.2, 0.25) is 0 Å². The molecular weight excluding hydrogens is 288 g/mol. The number of nitrogens with zero attached hydrogens (tertiary/aromatic N) is 3. The van der Waals surface area contributed by atoms with Crippen LogP contribution in [0.1, 0.15) is 31.0 Å². The molecule has 0 aromatic carbocycles. The zero-order valence-electron chi connectivity index (χ0n) is 12.6. The molecule has 0 bridgehead atoms. The van der Waals surface area contributed by atoms with Crippen molar-refractivity contribution in [2.75, 3.05) is 19.8 Å². The van der Waals surface area contributed by atoms with Crippen LogP contribution in [0.15, 0.2) is 4.52 Å². The fourth-order valence-electron chi connectivity index (χ4n) is 2.98. The van der Waals surface area contributed by atoms with Crippen molar-refractivity contribution >= 4 is 11.8 Å². The van der Waals surface area contributed by atoms with E-state index in [4.69, 9.17) is 9.26 Å². The highest BCUT2D eigenvalue weighted by molar-refractivity contribution is 5.89. The lowest BCUT2D eigenvalue weighted by Gasteiger charge is -2.31. The van der Waals surface area contributed by atoms with Gasteiger partial charge >= 0.3 is 0 Å². The van der Waals surface area contributed by atoms with Gasteiger partial charge < -0.3 is 19.5 Å². The van der Waals surface area contributed by atoms with Crippen LogP contribution in [0.5, 0.6) is 0 Å². The van der Waals surface area contributed by atoms with E-state index in [1.165, 1.54) is 0 Å². The zero-order chi connectivity index (χ0) is 15.5. The number of rotatable bonds is 4. The fourth-order valence-corrected chi connectivity index (χ4v) is 2.98. The lowest BCUT2D eigenvalue weighted by molar-refractivity contribution is -0.131. The first-order valence-electron chi connectivity index (χ1n) is 7.57. The molecule has 22 heavy (non-hydrogen) atoms. The van der Waals surface area contributed by atoms with E-state index in [2.05, 4.69) is 15.5 Å². The van der Waals surface area contributed by atoms with Crippen LogP contribution in [-0.2, 0) is 20.9 Å². The number of aromatic nitrogens is 2. The molecule has 0 saturated carbocycles. The molecule has 1 unspecified atom stereocenters. The smallest absolute Gasteiger partial charge is 0.246 e. The average Bonchev–Trinajstić information content (AvgIpc) is 3.12. The second kappa shape index (κ2) is 6.43. The van der Waals surface area contributed by atoms with Gasteiger partial charge in [-0.05, 0) is 19.8 Å². The van der Waals surface area contributed by atoms with Crippen LogP contribution in [0.4, 0.5) is 0 Å². The number of ether oxygens (including phenoxy) is 1. The summed E-state index contributed by atoms with van der Waals surface area (Å²) in [6.45, 7) is 3.76. The number of carbonyl (C=O) groups excluding carboxylic acids is 2. The van der Waals surface area contributed by atoms with Gasteiger partial charge in [0.05, 0.1) is 12.5 Å². The Morgan fingerprint density at radius 1 is 1.41 bits per heavy atom. The van der Waals surface area contributed by atoms with Gasteiger partial charge in [-0.3, -0.25) is 9.59 Å². The molecule has 2 fully saturated rings. The van der Waals surface area contributed by atoms with E-state index in [1.807, 2.05) is 4.90 Å². The molecule has 3 heterocycles. The summed E-state index contributed by atoms with van der Waals surface area (Å²) in [6, 6.07) is 0.206. The van der Waals surface area contributed by atoms with E-state index in [-0.39, 0.29) is 36.7 Å². The summed E-state index contributed by atoms with van der Waals surface area (Å²) in [5, 5.41) is 6.43. The Kier molecular flexibility index (Phi) is 4.37. The van der Waals surface area contributed by atoms with E-state index in [1.54, 1.807) is 6.92 Å². The van der Waals surface area contributed by atoms with Crippen LogP contribution < -0.4 is 5.32 Å². The van der Waals surface area contributed by atoms with E-state index in [0.29, 0.717) is 31.5 Å². The summed E-state index contributed by atoms with van der Waals surface area (Å²) >= 11 is 0. The third-order valence-corrected chi connectivity index (χ3v) is 4.14. The van der Waals surface area contributed by atoms with Crippen LogP contribution in [0, 0.1) is 12.8 Å². The monoisotopic (exact) mass is 308 g/mol. The zero-order valence-corrected chi connectivity index (χ0v) is 12.6. The topological polar surface area (TPSA) is 97.6 Å². The van der Waals surface area contributed by atoms with Crippen molar-refractivity contribution in [1.29, 1.82) is 0 Å². The Morgan fingerprint density at radius 2 is 2.18 bits per heavy atom. The maximum atomic E-state index is 12.2. The molecule has 2 amide bonds. The number of carbonyl (C=O) groups is 2. The number of likely N-dealkylation sites (tertiary alicyclic amines) is 1. The molecule has 2 aliphatic rings. The van der Waals surface area contributed by atoms with Gasteiger partial charge in [0.15, 0.2) is 5.82 Å². The Hall–Kier alpha value is -1.96. The number of nitrogens with one attached hydrogen (secondary N) is 1. The molecule has 0 spiro atoms. The quantitative estimate of drug-likeness (QED) is 0.842. The van der Waals surface area contributed by atoms with E-state index in [0.717, 1.165) is 12.8 Å². The molecule has 1 N–H and O–H groups in total. The van der Waals surface area contributed by atoms with Crippen molar-refractivity contribution in [3.63, 3.8) is 0 Å². The molecule has 0 aliphatic carbocycles. The number of aryl methyl sites for hydroxylation is 1. The summed E-state index contributed by atoms with van der Waals surface area (Å²) in [6.07, 6.45) is 1.97. The van der Waals surface area contributed by atoms with Gasteiger partial charge in [-0.1, -0.05) is 5.16 Å². The van der Waals surface area contributed by atoms with Crippen molar-refractivity contribution in [3.05, 3.63) is 11.7 Å². The van der Waals surface area contributed by atoms with Gasteiger partial charge in [-0.25, -0.2) is 0 Å². The van der Waals surface area contributed by atoms with Crippen molar-refractivity contribution in [3.8, 4) is 0 Å². The Bertz CT molecular complexity index is 553. The molecule has 1 atom stereocenters. The lowest BCUT2D eigenvalue weighted by atomic mass is 10.1. The van der Waals surface area contributed by atoms with Crippen LogP contribution in [-0.4, -0.2) is 52.7 Å². The summed E-state index contributed by atoms with van der Waals surface area (Å²) < 4.78 is 10.3. The fraction of sp³-hybridized carbons (Fsp3) is 0.714. The standard InChI is InChI=1S/C14H20N4O4/c1-9-16-12(22-17-9)7-15-14(20)10-6-13(19)18(8-10)11-2-4-21-5-3-11/h10-11H,2-8H2,1H3,(H,15,20). The molecule has 120 valence electrons. The number of hydrogen-bond acceptors (Lipinski definition) is 6. The second-order valence-electron chi connectivity index (χ2n) is 5.74. The summed E-state index contributed by atoms with van der Waals surface area (Å²) in [4.78, 5) is 30.2. The average molecular weight is 308 g/mol. The highest BCUT2D eigenvalue weighted by Gasteiger charge is 2.38. The number of hydrogen-bond donors (Lipinski definition) is 1. The lowest BCUT2D eigenvalue weighted by Crippen LogP contribution is -2.41. The minimum atomic E-state index is -0.306. The molecule has 2 saturated heterocycles. The van der Waals surface area contributed by atoms with Gasteiger partial charge in [-0.15, -0.1) is 0 Å². The van der Waals surface area contributed by atoms with Crippen molar-refractivity contribution in [2.45, 2.75) is 38.8 Å². The Morgan fingerprint density at radius 3 is 2.86 bits per heavy atom. The highest BCUT2D eigenvalue weighted by Crippen LogP contribution is 2.25. The van der Waals surface area contributed by atoms with Crippen molar-refractivity contribution in [2.24, 2.45) is 5.92 Å².